The zero-order valence-corrected chi connectivity index (χ0v) is 17.2. The summed E-state index contributed by atoms with van der Waals surface area (Å²) in [5.74, 6) is -1.07. The number of carbonyl (C=O) groups is 1. The second-order valence-electron chi connectivity index (χ2n) is 6.73. The van der Waals surface area contributed by atoms with Gasteiger partial charge in [-0.25, -0.2) is 4.79 Å². The molecule has 0 saturated heterocycles. The fourth-order valence-electron chi connectivity index (χ4n) is 3.60. The third-order valence-electron chi connectivity index (χ3n) is 5.29. The molecular formula is C23H20Cl2O2. The molecule has 0 saturated carbocycles. The molecule has 0 amide bonds. The zero-order valence-electron chi connectivity index (χ0n) is 15.7. The monoisotopic (exact) mass is 398 g/mol. The van der Waals surface area contributed by atoms with E-state index in [1.54, 1.807) is 6.07 Å². The van der Waals surface area contributed by atoms with Crippen LogP contribution in [0.3, 0.4) is 0 Å². The maximum Gasteiger partial charge on any atom is 0.337 e. The summed E-state index contributed by atoms with van der Waals surface area (Å²) in [6.45, 7) is 8.24. The number of aromatic carboxylic acids is 1. The van der Waals surface area contributed by atoms with Crippen molar-refractivity contribution in [1.82, 2.24) is 0 Å². The molecule has 4 heteroatoms. The summed E-state index contributed by atoms with van der Waals surface area (Å²) in [6, 6.07) is 13.2. The number of hydrogen-bond donors (Lipinski definition) is 1. The van der Waals surface area contributed by atoms with E-state index in [-0.39, 0.29) is 10.6 Å². The summed E-state index contributed by atoms with van der Waals surface area (Å²) in [4.78, 5) is 12.0. The maximum atomic E-state index is 12.0. The highest BCUT2D eigenvalue weighted by Crippen LogP contribution is 2.44. The summed E-state index contributed by atoms with van der Waals surface area (Å²) in [7, 11) is 0. The Hall–Kier alpha value is -2.29. The molecule has 0 aliphatic heterocycles. The quantitative estimate of drug-likeness (QED) is 0.503. The van der Waals surface area contributed by atoms with Crippen LogP contribution in [0, 0.1) is 27.7 Å². The average molecular weight is 399 g/mol. The Morgan fingerprint density at radius 1 is 0.815 bits per heavy atom. The maximum absolute atomic E-state index is 12.0. The van der Waals surface area contributed by atoms with Crippen LogP contribution in [0.25, 0.3) is 22.3 Å². The topological polar surface area (TPSA) is 37.3 Å². The van der Waals surface area contributed by atoms with Crippen molar-refractivity contribution in [2.75, 3.05) is 0 Å². The van der Waals surface area contributed by atoms with Gasteiger partial charge in [-0.2, -0.15) is 0 Å². The fourth-order valence-corrected chi connectivity index (χ4v) is 4.18. The van der Waals surface area contributed by atoms with Gasteiger partial charge >= 0.3 is 5.97 Å². The van der Waals surface area contributed by atoms with Gasteiger partial charge in [0.2, 0.25) is 0 Å². The van der Waals surface area contributed by atoms with Crippen molar-refractivity contribution in [3.05, 3.63) is 80.3 Å². The van der Waals surface area contributed by atoms with Crippen LogP contribution in [0.5, 0.6) is 0 Å². The van der Waals surface area contributed by atoms with Crippen LogP contribution in [0.2, 0.25) is 10.0 Å². The highest BCUT2D eigenvalue weighted by Gasteiger charge is 2.24. The number of carboxylic acids is 1. The second-order valence-corrected chi connectivity index (χ2v) is 7.57. The molecule has 27 heavy (non-hydrogen) atoms. The van der Waals surface area contributed by atoms with Gasteiger partial charge in [0, 0.05) is 10.6 Å². The van der Waals surface area contributed by atoms with E-state index in [1.807, 2.05) is 37.3 Å². The highest BCUT2D eigenvalue weighted by atomic mass is 35.5. The first-order valence-electron chi connectivity index (χ1n) is 8.62. The largest absolute Gasteiger partial charge is 0.478 e. The zero-order chi connectivity index (χ0) is 19.9. The first-order chi connectivity index (χ1) is 12.7. The first kappa shape index (κ1) is 19.5. The molecule has 3 aromatic rings. The van der Waals surface area contributed by atoms with Gasteiger partial charge in [0.05, 0.1) is 10.6 Å². The van der Waals surface area contributed by atoms with E-state index in [1.165, 1.54) is 11.6 Å². The van der Waals surface area contributed by atoms with Crippen molar-refractivity contribution in [2.45, 2.75) is 27.7 Å². The molecule has 1 N–H and O–H groups in total. The van der Waals surface area contributed by atoms with Gasteiger partial charge in [-0.15, -0.1) is 0 Å². The van der Waals surface area contributed by atoms with Gasteiger partial charge in [0.1, 0.15) is 0 Å². The van der Waals surface area contributed by atoms with Gasteiger partial charge in [-0.3, -0.25) is 0 Å². The molecule has 138 valence electrons. The summed E-state index contributed by atoms with van der Waals surface area (Å²) in [6.07, 6.45) is 0. The van der Waals surface area contributed by atoms with Gasteiger partial charge < -0.3 is 5.11 Å². The minimum Gasteiger partial charge on any atom is -0.478 e. The molecule has 0 spiro atoms. The van der Waals surface area contributed by atoms with Crippen LogP contribution in [0.1, 0.15) is 32.6 Å². The third kappa shape index (κ3) is 3.36. The van der Waals surface area contributed by atoms with E-state index in [0.717, 1.165) is 33.4 Å². The Morgan fingerprint density at radius 2 is 1.37 bits per heavy atom. The molecule has 0 radical (unpaired) electrons. The minimum atomic E-state index is -1.07. The number of hydrogen-bond acceptors (Lipinski definition) is 1. The van der Waals surface area contributed by atoms with Crippen molar-refractivity contribution < 1.29 is 9.90 Å². The first-order valence-corrected chi connectivity index (χ1v) is 9.38. The van der Waals surface area contributed by atoms with Crippen LogP contribution in [-0.4, -0.2) is 11.1 Å². The lowest BCUT2D eigenvalue weighted by Crippen LogP contribution is -2.06. The van der Waals surface area contributed by atoms with Crippen molar-refractivity contribution in [1.29, 1.82) is 0 Å². The molecule has 0 aliphatic rings. The second kappa shape index (κ2) is 7.38. The molecule has 0 aliphatic carbocycles. The van der Waals surface area contributed by atoms with Crippen LogP contribution in [0.15, 0.2) is 42.5 Å². The highest BCUT2D eigenvalue weighted by molar-refractivity contribution is 6.37. The number of rotatable bonds is 3. The Balaban J connectivity index is 2.54. The SMILES string of the molecule is Cc1c(C)c(C)c(-c2cc(Cl)cc(Cl)c2C(=O)O)c(-c2ccccc2)c1C. The van der Waals surface area contributed by atoms with Gasteiger partial charge in [-0.1, -0.05) is 53.5 Å². The molecule has 0 bridgehead atoms. The van der Waals surface area contributed by atoms with E-state index < -0.39 is 5.97 Å². The van der Waals surface area contributed by atoms with E-state index in [4.69, 9.17) is 23.2 Å². The summed E-state index contributed by atoms with van der Waals surface area (Å²) >= 11 is 12.5. The lowest BCUT2D eigenvalue weighted by Gasteiger charge is -2.23. The Morgan fingerprint density at radius 3 is 1.93 bits per heavy atom. The Kier molecular flexibility index (Phi) is 5.32. The molecular weight excluding hydrogens is 379 g/mol. The number of carboxylic acid groups (broad SMARTS) is 1. The van der Waals surface area contributed by atoms with Crippen molar-refractivity contribution >= 4 is 29.2 Å². The van der Waals surface area contributed by atoms with Crippen LogP contribution < -0.4 is 0 Å². The van der Waals surface area contributed by atoms with Gasteiger partial charge in [0.25, 0.3) is 0 Å². The summed E-state index contributed by atoms with van der Waals surface area (Å²) in [5.41, 5.74) is 8.00. The molecule has 3 aromatic carbocycles. The predicted octanol–water partition coefficient (Wildman–Crippen LogP) is 7.26. The fraction of sp³-hybridized carbons (Fsp3) is 0.174. The lowest BCUT2D eigenvalue weighted by atomic mass is 9.81. The van der Waals surface area contributed by atoms with Gasteiger partial charge in [0.15, 0.2) is 0 Å². The summed E-state index contributed by atoms with van der Waals surface area (Å²) < 4.78 is 0. The lowest BCUT2D eigenvalue weighted by molar-refractivity contribution is 0.0698. The average Bonchev–Trinajstić information content (AvgIpc) is 2.62. The predicted molar refractivity (Wildman–Crippen MR) is 113 cm³/mol. The summed E-state index contributed by atoms with van der Waals surface area (Å²) in [5, 5.41) is 10.4. The molecule has 0 fully saturated rings. The normalized spacial score (nSPS) is 10.9. The van der Waals surface area contributed by atoms with E-state index >= 15 is 0 Å². The molecule has 0 heterocycles. The van der Waals surface area contributed by atoms with Crippen molar-refractivity contribution in [2.24, 2.45) is 0 Å². The van der Waals surface area contributed by atoms with E-state index in [0.29, 0.717) is 10.6 Å². The van der Waals surface area contributed by atoms with Crippen LogP contribution in [-0.2, 0) is 0 Å². The van der Waals surface area contributed by atoms with E-state index in [2.05, 4.69) is 20.8 Å². The standard InChI is InChI=1S/C23H20Cl2O2/c1-12-13(2)15(4)21(20(14(12)3)16-8-6-5-7-9-16)18-10-17(24)11-19(25)22(18)23(26)27/h5-11H,1-4H3,(H,26,27). The Bertz CT molecular complexity index is 1050. The molecule has 0 aromatic heterocycles. The minimum absolute atomic E-state index is 0.0731. The van der Waals surface area contributed by atoms with Crippen LogP contribution >= 0.6 is 23.2 Å². The smallest absolute Gasteiger partial charge is 0.337 e. The van der Waals surface area contributed by atoms with Crippen LogP contribution in [0.4, 0.5) is 0 Å². The number of halogens is 2. The van der Waals surface area contributed by atoms with Crippen molar-refractivity contribution in [3.8, 4) is 22.3 Å². The molecule has 0 unspecified atom stereocenters. The number of benzene rings is 3. The molecule has 3 rings (SSSR count). The molecule has 2 nitrogen and oxygen atoms in total. The van der Waals surface area contributed by atoms with E-state index in [9.17, 15) is 9.90 Å². The van der Waals surface area contributed by atoms with Gasteiger partial charge in [-0.05, 0) is 78.8 Å². The molecule has 0 atom stereocenters. The third-order valence-corrected chi connectivity index (χ3v) is 5.80. The van der Waals surface area contributed by atoms with Crippen molar-refractivity contribution in [3.63, 3.8) is 0 Å². The Labute approximate surface area is 169 Å².